The molecule has 0 aromatic heterocycles. The van der Waals surface area contributed by atoms with E-state index in [1.807, 2.05) is 0 Å². The van der Waals surface area contributed by atoms with Crippen LogP contribution in [0, 0.1) is 10.8 Å². The SMILES string of the molecule is CC12CCC(C)(CC1)C1=C2C=C(N)C(N)C1. The zero-order valence-electron chi connectivity index (χ0n) is 10.3. The van der Waals surface area contributed by atoms with Crippen LogP contribution in [0.1, 0.15) is 46.0 Å². The second kappa shape index (κ2) is 2.92. The molecule has 0 spiro atoms. The molecule has 1 saturated carbocycles. The molecule has 1 atom stereocenters. The fourth-order valence-corrected chi connectivity index (χ4v) is 3.84. The monoisotopic (exact) mass is 218 g/mol. The van der Waals surface area contributed by atoms with Crippen LogP contribution >= 0.6 is 0 Å². The van der Waals surface area contributed by atoms with Gasteiger partial charge in [0.15, 0.2) is 0 Å². The number of rotatable bonds is 0. The average Bonchev–Trinajstić information content (AvgIpc) is 2.24. The Labute approximate surface area is 97.8 Å². The van der Waals surface area contributed by atoms with Crippen LogP contribution in [0.5, 0.6) is 0 Å². The zero-order chi connectivity index (χ0) is 11.6. The summed E-state index contributed by atoms with van der Waals surface area (Å²) in [6.45, 7) is 4.82. The van der Waals surface area contributed by atoms with E-state index in [0.29, 0.717) is 10.8 Å². The predicted molar refractivity (Wildman–Crippen MR) is 66.6 cm³/mol. The average molecular weight is 218 g/mol. The molecule has 0 aliphatic heterocycles. The van der Waals surface area contributed by atoms with E-state index >= 15 is 0 Å². The fourth-order valence-electron chi connectivity index (χ4n) is 3.84. The van der Waals surface area contributed by atoms with E-state index in [-0.39, 0.29) is 6.04 Å². The van der Waals surface area contributed by atoms with Gasteiger partial charge < -0.3 is 11.5 Å². The second-order valence-electron chi connectivity index (χ2n) is 6.47. The molecule has 1 fully saturated rings. The normalized spacial score (nSPS) is 46.7. The number of nitrogens with two attached hydrogens (primary N) is 2. The van der Waals surface area contributed by atoms with Gasteiger partial charge in [-0.2, -0.15) is 0 Å². The van der Waals surface area contributed by atoms with Crippen molar-refractivity contribution in [3.63, 3.8) is 0 Å². The van der Waals surface area contributed by atoms with Crippen molar-refractivity contribution in [1.29, 1.82) is 0 Å². The minimum absolute atomic E-state index is 0.0542. The van der Waals surface area contributed by atoms with Gasteiger partial charge in [0.25, 0.3) is 0 Å². The molecule has 4 rings (SSSR count). The number of hydrogen-bond acceptors (Lipinski definition) is 2. The molecular weight excluding hydrogens is 196 g/mol. The predicted octanol–water partition coefficient (Wildman–Crippen LogP) is 2.46. The maximum Gasteiger partial charge on any atom is 0.0480 e. The van der Waals surface area contributed by atoms with Crippen LogP contribution in [0.2, 0.25) is 0 Å². The molecule has 2 bridgehead atoms. The van der Waals surface area contributed by atoms with Crippen molar-refractivity contribution in [2.24, 2.45) is 22.3 Å². The van der Waals surface area contributed by atoms with Crippen LogP contribution < -0.4 is 11.5 Å². The Morgan fingerprint density at radius 3 is 2.31 bits per heavy atom. The lowest BCUT2D eigenvalue weighted by molar-refractivity contribution is 0.121. The lowest BCUT2D eigenvalue weighted by Gasteiger charge is -2.54. The van der Waals surface area contributed by atoms with Crippen molar-refractivity contribution in [3.05, 3.63) is 22.9 Å². The summed E-state index contributed by atoms with van der Waals surface area (Å²) < 4.78 is 0. The molecule has 88 valence electrons. The highest BCUT2D eigenvalue weighted by Crippen LogP contribution is 2.61. The molecule has 0 heterocycles. The highest BCUT2D eigenvalue weighted by atomic mass is 14.8. The van der Waals surface area contributed by atoms with Crippen molar-refractivity contribution < 1.29 is 0 Å². The maximum atomic E-state index is 6.09. The quantitative estimate of drug-likeness (QED) is 0.656. The Morgan fingerprint density at radius 2 is 1.69 bits per heavy atom. The van der Waals surface area contributed by atoms with Gasteiger partial charge in [0, 0.05) is 11.7 Å². The lowest BCUT2D eigenvalue weighted by atomic mass is 9.51. The van der Waals surface area contributed by atoms with Gasteiger partial charge in [0.1, 0.15) is 0 Å². The first-order chi connectivity index (χ1) is 7.45. The standard InChI is InChI=1S/C14H22N2/c1-13-3-5-14(2,6-4-13)10-8-12(16)11(15)7-9(10)13/h7,12H,3-6,8,15-16H2,1-2H3. The number of allylic oxidation sites excluding steroid dienone is 2. The van der Waals surface area contributed by atoms with Crippen molar-refractivity contribution in [2.45, 2.75) is 52.0 Å². The molecule has 0 amide bonds. The Hall–Kier alpha value is -0.760. The van der Waals surface area contributed by atoms with Gasteiger partial charge in [0.2, 0.25) is 0 Å². The van der Waals surface area contributed by atoms with Gasteiger partial charge in [-0.15, -0.1) is 0 Å². The van der Waals surface area contributed by atoms with E-state index in [1.165, 1.54) is 31.3 Å². The summed E-state index contributed by atoms with van der Waals surface area (Å²) >= 11 is 0. The van der Waals surface area contributed by atoms with Gasteiger partial charge in [-0.1, -0.05) is 19.4 Å². The van der Waals surface area contributed by atoms with E-state index < -0.39 is 0 Å². The summed E-state index contributed by atoms with van der Waals surface area (Å²) in [6.07, 6.45) is 8.50. The summed E-state index contributed by atoms with van der Waals surface area (Å²) in [7, 11) is 0. The molecule has 0 saturated heterocycles. The molecule has 0 aromatic rings. The molecule has 4 N–H and O–H groups in total. The Morgan fingerprint density at radius 1 is 1.12 bits per heavy atom. The molecule has 2 nitrogen and oxygen atoms in total. The summed E-state index contributed by atoms with van der Waals surface area (Å²) in [5, 5.41) is 0. The van der Waals surface area contributed by atoms with E-state index in [9.17, 15) is 0 Å². The van der Waals surface area contributed by atoms with Crippen LogP contribution in [0.3, 0.4) is 0 Å². The summed E-state index contributed by atoms with van der Waals surface area (Å²) in [6, 6.07) is 0.0542. The van der Waals surface area contributed by atoms with Gasteiger partial charge in [-0.05, 0) is 54.6 Å². The molecule has 16 heavy (non-hydrogen) atoms. The Balaban J connectivity index is 2.16. The van der Waals surface area contributed by atoms with E-state index in [2.05, 4.69) is 19.9 Å². The minimum Gasteiger partial charge on any atom is -0.401 e. The van der Waals surface area contributed by atoms with E-state index in [0.717, 1.165) is 12.1 Å². The molecule has 4 aliphatic rings. The van der Waals surface area contributed by atoms with Crippen LogP contribution in [-0.2, 0) is 0 Å². The lowest BCUT2D eigenvalue weighted by Crippen LogP contribution is -2.45. The highest BCUT2D eigenvalue weighted by Gasteiger charge is 2.49. The van der Waals surface area contributed by atoms with Gasteiger partial charge in [0.05, 0.1) is 0 Å². The summed E-state index contributed by atoms with van der Waals surface area (Å²) in [5.74, 6) is 0. The first kappa shape index (κ1) is 10.4. The zero-order valence-corrected chi connectivity index (χ0v) is 10.3. The molecule has 4 aliphatic carbocycles. The van der Waals surface area contributed by atoms with Gasteiger partial charge >= 0.3 is 0 Å². The molecule has 2 heteroatoms. The third-order valence-corrected chi connectivity index (χ3v) is 5.32. The Bertz CT molecular complexity index is 395. The first-order valence-electron chi connectivity index (χ1n) is 6.41. The smallest absolute Gasteiger partial charge is 0.0480 e. The molecular formula is C14H22N2. The van der Waals surface area contributed by atoms with Crippen LogP contribution in [-0.4, -0.2) is 6.04 Å². The minimum atomic E-state index is 0.0542. The van der Waals surface area contributed by atoms with E-state index in [4.69, 9.17) is 11.5 Å². The van der Waals surface area contributed by atoms with Crippen molar-refractivity contribution >= 4 is 0 Å². The van der Waals surface area contributed by atoms with Crippen molar-refractivity contribution in [2.75, 3.05) is 0 Å². The topological polar surface area (TPSA) is 52.0 Å². The van der Waals surface area contributed by atoms with Crippen molar-refractivity contribution in [3.8, 4) is 0 Å². The van der Waals surface area contributed by atoms with Crippen LogP contribution in [0.15, 0.2) is 22.9 Å². The summed E-state index contributed by atoms with van der Waals surface area (Å²) in [5.41, 5.74) is 17.0. The van der Waals surface area contributed by atoms with E-state index in [1.54, 1.807) is 5.57 Å². The van der Waals surface area contributed by atoms with Gasteiger partial charge in [-0.3, -0.25) is 0 Å². The summed E-state index contributed by atoms with van der Waals surface area (Å²) in [4.78, 5) is 0. The number of hydrogen-bond donors (Lipinski definition) is 2. The molecule has 0 aromatic carbocycles. The first-order valence-corrected chi connectivity index (χ1v) is 6.41. The second-order valence-corrected chi connectivity index (χ2v) is 6.47. The molecule has 0 radical (unpaired) electrons. The number of fused-ring (bicyclic) bond motifs is 2. The Kier molecular flexibility index (Phi) is 1.90. The maximum absolute atomic E-state index is 6.09. The van der Waals surface area contributed by atoms with Crippen molar-refractivity contribution in [1.82, 2.24) is 0 Å². The van der Waals surface area contributed by atoms with Crippen LogP contribution in [0.4, 0.5) is 0 Å². The largest absolute Gasteiger partial charge is 0.401 e. The third kappa shape index (κ3) is 1.17. The molecule has 1 unspecified atom stereocenters. The third-order valence-electron chi connectivity index (χ3n) is 5.32. The van der Waals surface area contributed by atoms with Gasteiger partial charge in [-0.25, -0.2) is 0 Å². The highest BCUT2D eigenvalue weighted by molar-refractivity contribution is 5.46. The fraction of sp³-hybridized carbons (Fsp3) is 0.714. The van der Waals surface area contributed by atoms with Crippen LogP contribution in [0.25, 0.3) is 0 Å².